The molecule has 6 heteroatoms. The Morgan fingerprint density at radius 1 is 1.44 bits per heavy atom. The van der Waals surface area contributed by atoms with Gasteiger partial charge in [0.1, 0.15) is 11.1 Å². The zero-order valence-electron chi connectivity index (χ0n) is 8.18. The molecule has 2 aromatic rings. The second-order valence-corrected chi connectivity index (χ2v) is 3.04. The molecular formula is C10H9N3O3. The summed E-state index contributed by atoms with van der Waals surface area (Å²) in [5.74, 6) is 3.84. The second-order valence-electron chi connectivity index (χ2n) is 3.04. The topological polar surface area (TPSA) is 97.5 Å². The molecule has 1 aromatic carbocycles. The van der Waals surface area contributed by atoms with E-state index in [1.54, 1.807) is 23.8 Å². The number of hydrogen-bond acceptors (Lipinski definition) is 6. The summed E-state index contributed by atoms with van der Waals surface area (Å²) in [6.07, 6.45) is 1.53. The minimum atomic E-state index is -0.771. The highest BCUT2D eigenvalue weighted by molar-refractivity contribution is 5.99. The molecule has 0 atom stereocenters. The van der Waals surface area contributed by atoms with E-state index in [1.165, 1.54) is 12.3 Å². The Bertz CT molecular complexity index is 542. The first-order chi connectivity index (χ1) is 7.74. The van der Waals surface area contributed by atoms with Gasteiger partial charge in [-0.15, -0.1) is 0 Å². The van der Waals surface area contributed by atoms with Crippen LogP contribution in [0.25, 0.3) is 10.9 Å². The highest BCUT2D eigenvalue weighted by Crippen LogP contribution is 2.26. The molecule has 0 unspecified atom stereocenters. The van der Waals surface area contributed by atoms with Gasteiger partial charge in [0.15, 0.2) is 5.75 Å². The first kappa shape index (κ1) is 10.3. The van der Waals surface area contributed by atoms with Gasteiger partial charge < -0.3 is 9.94 Å². The summed E-state index contributed by atoms with van der Waals surface area (Å²) in [4.78, 5) is 19.7. The van der Waals surface area contributed by atoms with E-state index < -0.39 is 5.97 Å². The van der Waals surface area contributed by atoms with Gasteiger partial charge in [0.05, 0.1) is 0 Å². The minimum absolute atomic E-state index is 0.00384. The number of benzene rings is 1. The van der Waals surface area contributed by atoms with Gasteiger partial charge >= 0.3 is 5.97 Å². The van der Waals surface area contributed by atoms with Crippen LogP contribution in [0, 0.1) is 0 Å². The fourth-order valence-electron chi connectivity index (χ4n) is 1.40. The number of fused-ring (bicyclic) bond motifs is 1. The van der Waals surface area contributed by atoms with Gasteiger partial charge in [-0.2, -0.15) is 0 Å². The summed E-state index contributed by atoms with van der Waals surface area (Å²) >= 11 is 0. The lowest BCUT2D eigenvalue weighted by atomic mass is 10.1. The standard InChI is InChI=1S/C10H9N3O3/c11-13-16-10(15)7-4-3-6-2-1-5-12-8(6)9(7)14/h1-5,13-14H,11H2. The number of pyridine rings is 1. The Balaban J connectivity index is 2.56. The number of carbonyl (C=O) groups is 1. The van der Waals surface area contributed by atoms with Crippen LogP contribution in [0.1, 0.15) is 10.4 Å². The number of phenolic OH excluding ortho intramolecular Hbond substituents is 1. The maximum Gasteiger partial charge on any atom is 0.361 e. The van der Waals surface area contributed by atoms with Crippen LogP contribution in [-0.2, 0) is 4.84 Å². The van der Waals surface area contributed by atoms with Crippen molar-refractivity contribution in [1.29, 1.82) is 0 Å². The van der Waals surface area contributed by atoms with Crippen LogP contribution in [0.5, 0.6) is 5.75 Å². The highest BCUT2D eigenvalue weighted by Gasteiger charge is 2.15. The number of carbonyl (C=O) groups excluding carboxylic acids is 1. The van der Waals surface area contributed by atoms with Crippen LogP contribution in [0.15, 0.2) is 30.5 Å². The normalized spacial score (nSPS) is 10.3. The van der Waals surface area contributed by atoms with Crippen molar-refractivity contribution in [3.05, 3.63) is 36.0 Å². The fourth-order valence-corrected chi connectivity index (χ4v) is 1.40. The third kappa shape index (κ3) is 1.67. The smallest absolute Gasteiger partial charge is 0.361 e. The molecule has 0 fully saturated rings. The van der Waals surface area contributed by atoms with E-state index in [1.807, 2.05) is 0 Å². The van der Waals surface area contributed by atoms with Crippen molar-refractivity contribution < 1.29 is 14.7 Å². The first-order valence-corrected chi connectivity index (χ1v) is 4.47. The molecule has 1 aromatic heterocycles. The number of rotatable bonds is 2. The number of nitrogens with two attached hydrogens (primary N) is 1. The molecule has 0 saturated heterocycles. The molecule has 1 heterocycles. The lowest BCUT2D eigenvalue weighted by Crippen LogP contribution is -2.26. The van der Waals surface area contributed by atoms with Crippen LogP contribution < -0.4 is 11.4 Å². The van der Waals surface area contributed by atoms with Crippen molar-refractivity contribution in [2.45, 2.75) is 0 Å². The minimum Gasteiger partial charge on any atom is -0.505 e. The van der Waals surface area contributed by atoms with E-state index in [4.69, 9.17) is 5.84 Å². The molecule has 82 valence electrons. The van der Waals surface area contributed by atoms with Crippen LogP contribution >= 0.6 is 0 Å². The largest absolute Gasteiger partial charge is 0.505 e. The number of phenols is 1. The Morgan fingerprint density at radius 2 is 2.25 bits per heavy atom. The van der Waals surface area contributed by atoms with Crippen molar-refractivity contribution in [3.8, 4) is 5.75 Å². The molecule has 0 aliphatic heterocycles. The Morgan fingerprint density at radius 3 is 3.00 bits per heavy atom. The predicted molar refractivity (Wildman–Crippen MR) is 56.1 cm³/mol. The van der Waals surface area contributed by atoms with E-state index >= 15 is 0 Å². The molecule has 6 nitrogen and oxygen atoms in total. The third-order valence-corrected chi connectivity index (χ3v) is 2.12. The fraction of sp³-hybridized carbons (Fsp3) is 0. The molecule has 0 bridgehead atoms. The van der Waals surface area contributed by atoms with Crippen molar-refractivity contribution in [2.24, 2.45) is 5.84 Å². The summed E-state index contributed by atoms with van der Waals surface area (Å²) in [5, 5.41) is 10.5. The van der Waals surface area contributed by atoms with Crippen LogP contribution in [0.4, 0.5) is 0 Å². The zero-order chi connectivity index (χ0) is 11.5. The molecule has 0 amide bonds. The van der Waals surface area contributed by atoms with Crippen molar-refractivity contribution in [1.82, 2.24) is 10.6 Å². The Hall–Kier alpha value is -2.18. The number of hydrogen-bond donors (Lipinski definition) is 3. The first-order valence-electron chi connectivity index (χ1n) is 4.47. The van der Waals surface area contributed by atoms with E-state index in [9.17, 15) is 9.90 Å². The molecule has 4 N–H and O–H groups in total. The number of nitrogens with one attached hydrogen (secondary N) is 1. The molecule has 0 saturated carbocycles. The monoisotopic (exact) mass is 219 g/mol. The SMILES string of the molecule is NNOC(=O)c1ccc2cccnc2c1O. The van der Waals surface area contributed by atoms with Crippen molar-refractivity contribution >= 4 is 16.9 Å². The number of nitrogens with zero attached hydrogens (tertiary/aromatic N) is 1. The van der Waals surface area contributed by atoms with Gasteiger partial charge in [-0.05, 0) is 12.1 Å². The van der Waals surface area contributed by atoms with Gasteiger partial charge in [0.2, 0.25) is 0 Å². The van der Waals surface area contributed by atoms with E-state index in [2.05, 4.69) is 9.82 Å². The van der Waals surface area contributed by atoms with Gasteiger partial charge in [0, 0.05) is 11.6 Å². The van der Waals surface area contributed by atoms with E-state index in [0.717, 1.165) is 5.39 Å². The van der Waals surface area contributed by atoms with Gasteiger partial charge in [-0.3, -0.25) is 4.98 Å². The average molecular weight is 219 g/mol. The van der Waals surface area contributed by atoms with Gasteiger partial charge in [0.25, 0.3) is 0 Å². The molecule has 0 aliphatic rings. The maximum atomic E-state index is 11.4. The maximum absolute atomic E-state index is 11.4. The third-order valence-electron chi connectivity index (χ3n) is 2.12. The van der Waals surface area contributed by atoms with Gasteiger partial charge in [-0.25, -0.2) is 10.6 Å². The number of hydrazine groups is 1. The van der Waals surface area contributed by atoms with Crippen molar-refractivity contribution in [3.63, 3.8) is 0 Å². The highest BCUT2D eigenvalue weighted by atomic mass is 16.7. The average Bonchev–Trinajstić information content (AvgIpc) is 2.30. The number of aromatic hydroxyl groups is 1. The summed E-state index contributed by atoms with van der Waals surface area (Å²) < 4.78 is 0. The Labute approximate surface area is 90.6 Å². The van der Waals surface area contributed by atoms with Crippen molar-refractivity contribution in [2.75, 3.05) is 0 Å². The summed E-state index contributed by atoms with van der Waals surface area (Å²) in [6.45, 7) is 0. The van der Waals surface area contributed by atoms with Crippen LogP contribution in [-0.4, -0.2) is 16.1 Å². The lowest BCUT2D eigenvalue weighted by Gasteiger charge is -2.05. The molecule has 0 spiro atoms. The summed E-state index contributed by atoms with van der Waals surface area (Å²) in [6, 6.07) is 6.62. The molecule has 0 aliphatic carbocycles. The van der Waals surface area contributed by atoms with Gasteiger partial charge in [-0.1, -0.05) is 17.7 Å². The van der Waals surface area contributed by atoms with E-state index in [-0.39, 0.29) is 11.3 Å². The Kier molecular flexibility index (Phi) is 2.67. The van der Waals surface area contributed by atoms with E-state index in [0.29, 0.717) is 5.52 Å². The number of aromatic nitrogens is 1. The molecule has 0 radical (unpaired) electrons. The molecule has 2 rings (SSSR count). The summed E-state index contributed by atoms with van der Waals surface area (Å²) in [5.41, 5.74) is 2.11. The van der Waals surface area contributed by atoms with Crippen LogP contribution in [0.3, 0.4) is 0 Å². The van der Waals surface area contributed by atoms with Crippen LogP contribution in [0.2, 0.25) is 0 Å². The molecule has 16 heavy (non-hydrogen) atoms. The zero-order valence-corrected chi connectivity index (χ0v) is 8.18. The lowest BCUT2D eigenvalue weighted by molar-refractivity contribution is 0.0251. The summed E-state index contributed by atoms with van der Waals surface area (Å²) in [7, 11) is 0. The predicted octanol–water partition coefficient (Wildman–Crippen LogP) is 0.475. The molecular weight excluding hydrogens is 210 g/mol. The second kappa shape index (κ2) is 4.13. The quantitative estimate of drug-likeness (QED) is 0.502.